The molecule has 0 atom stereocenters. The molecule has 188 valence electrons. The predicted molar refractivity (Wildman–Crippen MR) is 148 cm³/mol. The van der Waals surface area contributed by atoms with Crippen molar-refractivity contribution < 1.29 is 8.42 Å². The Bertz CT molecular complexity index is 1670. The number of rotatable bonds is 6. The smallest absolute Gasteiger partial charge is 0.212 e. The van der Waals surface area contributed by atoms with Gasteiger partial charge in [0.2, 0.25) is 10.0 Å². The minimum absolute atomic E-state index is 0.0322. The molecule has 3 aromatic carbocycles. The summed E-state index contributed by atoms with van der Waals surface area (Å²) in [7, 11) is -3.03. The average molecular weight is 507 g/mol. The third-order valence-corrected chi connectivity index (χ3v) is 7.26. The van der Waals surface area contributed by atoms with Crippen molar-refractivity contribution in [3.8, 4) is 0 Å². The predicted octanol–water partition coefficient (Wildman–Crippen LogP) is 3.90. The number of fused-ring (bicyclic) bond motifs is 4. The number of nitrogens with one attached hydrogen (secondary N) is 3. The lowest BCUT2D eigenvalue weighted by Crippen LogP contribution is -2.38. The first kappa shape index (κ1) is 25.6. The first-order valence-electron chi connectivity index (χ1n) is 11.9. The Morgan fingerprint density at radius 3 is 1.64 bits per heavy atom. The molecule has 0 amide bonds. The van der Waals surface area contributed by atoms with E-state index in [4.69, 9.17) is 0 Å². The molecule has 9 heteroatoms. The zero-order valence-corrected chi connectivity index (χ0v) is 21.4. The molecule has 0 aliphatic rings. The normalized spacial score (nSPS) is 11.9. The van der Waals surface area contributed by atoms with Crippen molar-refractivity contribution in [3.63, 3.8) is 0 Å². The first-order chi connectivity index (χ1) is 17.2. The van der Waals surface area contributed by atoms with Crippen LogP contribution in [0.5, 0.6) is 0 Å². The molecular formula is C27H30N4O4S. The second-order valence-corrected chi connectivity index (χ2v) is 10.6. The molecule has 0 unspecified atom stereocenters. The number of aromatic nitrogens is 2. The third-order valence-electron chi connectivity index (χ3n) is 6.01. The van der Waals surface area contributed by atoms with Crippen LogP contribution >= 0.6 is 0 Å². The van der Waals surface area contributed by atoms with Gasteiger partial charge in [-0.2, -0.15) is 4.31 Å². The van der Waals surface area contributed by atoms with Crippen molar-refractivity contribution in [2.24, 2.45) is 0 Å². The summed E-state index contributed by atoms with van der Waals surface area (Å²) in [6.45, 7) is 5.71. The largest absolute Gasteiger partial charge is 0.354 e. The van der Waals surface area contributed by atoms with Gasteiger partial charge in [0.05, 0.1) is 24.0 Å². The summed E-state index contributed by atoms with van der Waals surface area (Å²) < 4.78 is 23.7. The van der Waals surface area contributed by atoms with E-state index in [1.807, 2.05) is 50.2 Å². The fourth-order valence-electron chi connectivity index (χ4n) is 4.19. The van der Waals surface area contributed by atoms with Crippen LogP contribution in [0, 0.1) is 0 Å². The molecule has 36 heavy (non-hydrogen) atoms. The number of aromatic amines is 2. The van der Waals surface area contributed by atoms with Crippen LogP contribution in [0.15, 0.2) is 70.3 Å². The van der Waals surface area contributed by atoms with Crippen LogP contribution in [0.3, 0.4) is 0 Å². The highest BCUT2D eigenvalue weighted by molar-refractivity contribution is 7.88. The molecule has 0 spiro atoms. The Kier molecular flexibility index (Phi) is 7.53. The molecule has 5 rings (SSSR count). The Morgan fingerprint density at radius 1 is 0.750 bits per heavy atom. The lowest BCUT2D eigenvalue weighted by Gasteiger charge is -2.18. The number of hydrogen-bond donors (Lipinski definition) is 3. The highest BCUT2D eigenvalue weighted by atomic mass is 32.2. The van der Waals surface area contributed by atoms with E-state index in [1.165, 1.54) is 10.6 Å². The molecule has 0 saturated carbocycles. The number of pyridine rings is 2. The number of H-pyrrole nitrogens is 2. The zero-order chi connectivity index (χ0) is 25.9. The number of nitrogens with zero attached hydrogens (tertiary/aromatic N) is 1. The summed E-state index contributed by atoms with van der Waals surface area (Å²) in [4.78, 5) is 32.1. The van der Waals surface area contributed by atoms with Crippen LogP contribution in [0.1, 0.15) is 20.3 Å². The van der Waals surface area contributed by atoms with Crippen molar-refractivity contribution in [1.29, 1.82) is 0 Å². The summed E-state index contributed by atoms with van der Waals surface area (Å²) in [5, 5.41) is 5.43. The first-order valence-corrected chi connectivity index (χ1v) is 13.7. The van der Waals surface area contributed by atoms with Gasteiger partial charge in [-0.3, -0.25) is 9.59 Å². The monoisotopic (exact) mass is 506 g/mol. The Labute approximate surface area is 209 Å². The zero-order valence-electron chi connectivity index (χ0n) is 20.6. The lowest BCUT2D eigenvalue weighted by molar-refractivity contribution is 0.387. The maximum Gasteiger partial charge on any atom is 0.212 e. The van der Waals surface area contributed by atoms with E-state index in [-0.39, 0.29) is 10.9 Å². The van der Waals surface area contributed by atoms with E-state index in [1.54, 1.807) is 24.3 Å². The molecule has 0 aliphatic heterocycles. The SMILES string of the molecule is CCCN(CNCC)S(C)(=O)=O.O=c1c2ccccc2[nH]c2cc3c(=O)c4ccccc4[nH]c3cc12. The summed E-state index contributed by atoms with van der Waals surface area (Å²) in [5.41, 5.74) is 2.82. The number of hydrogen-bond acceptors (Lipinski definition) is 5. The van der Waals surface area contributed by atoms with Crippen LogP contribution < -0.4 is 16.2 Å². The lowest BCUT2D eigenvalue weighted by atomic mass is 10.1. The van der Waals surface area contributed by atoms with Crippen molar-refractivity contribution in [3.05, 3.63) is 81.1 Å². The fourth-order valence-corrected chi connectivity index (χ4v) is 5.03. The highest BCUT2D eigenvalue weighted by Crippen LogP contribution is 2.21. The minimum Gasteiger partial charge on any atom is -0.354 e. The fraction of sp³-hybridized carbons (Fsp3) is 0.259. The second kappa shape index (κ2) is 10.6. The van der Waals surface area contributed by atoms with E-state index < -0.39 is 10.0 Å². The molecule has 2 heterocycles. The molecule has 8 nitrogen and oxygen atoms in total. The summed E-state index contributed by atoms with van der Waals surface area (Å²) in [6, 6.07) is 18.3. The summed E-state index contributed by atoms with van der Waals surface area (Å²) in [6.07, 6.45) is 2.08. The Morgan fingerprint density at radius 2 is 1.22 bits per heavy atom. The maximum absolute atomic E-state index is 12.8. The molecular weight excluding hydrogens is 476 g/mol. The van der Waals surface area contributed by atoms with Crippen LogP contribution in [-0.4, -0.2) is 48.7 Å². The Balaban J connectivity index is 0.000000218. The van der Waals surface area contributed by atoms with Gasteiger partial charge in [-0.1, -0.05) is 38.1 Å². The summed E-state index contributed by atoms with van der Waals surface area (Å²) >= 11 is 0. The molecule has 0 fully saturated rings. The number of benzene rings is 3. The third kappa shape index (κ3) is 5.18. The van der Waals surface area contributed by atoms with Gasteiger partial charge in [-0.15, -0.1) is 0 Å². The molecule has 0 aliphatic carbocycles. The maximum atomic E-state index is 12.8. The topological polar surface area (TPSA) is 115 Å². The van der Waals surface area contributed by atoms with E-state index in [0.29, 0.717) is 45.8 Å². The number of para-hydroxylation sites is 2. The van der Waals surface area contributed by atoms with Crippen LogP contribution in [0.2, 0.25) is 0 Å². The molecule has 0 bridgehead atoms. The van der Waals surface area contributed by atoms with E-state index >= 15 is 0 Å². The van der Waals surface area contributed by atoms with Gasteiger partial charge in [-0.05, 0) is 49.4 Å². The van der Waals surface area contributed by atoms with Crippen LogP contribution in [0.4, 0.5) is 0 Å². The molecule has 0 saturated heterocycles. The molecule has 3 N–H and O–H groups in total. The highest BCUT2D eigenvalue weighted by Gasteiger charge is 2.14. The van der Waals surface area contributed by atoms with Gasteiger partial charge in [0.15, 0.2) is 10.9 Å². The van der Waals surface area contributed by atoms with E-state index in [0.717, 1.165) is 24.0 Å². The van der Waals surface area contributed by atoms with Crippen molar-refractivity contribution in [2.75, 3.05) is 26.0 Å². The standard InChI is InChI=1S/C20H12N2O2.C7H18N2O2S/c23-19-11-5-1-3-7-15(11)21-17-10-14-18(9-13(17)19)22-16-8-4-2-6-12(16)20(14)24;1-4-6-9(7-8-5-2)12(3,10)11/h1-10H,(H,21,23)(H,22,24);8H,4-7H2,1-3H3. The number of sulfonamides is 1. The van der Waals surface area contributed by atoms with Gasteiger partial charge < -0.3 is 15.3 Å². The van der Waals surface area contributed by atoms with Crippen molar-refractivity contribution in [1.82, 2.24) is 19.6 Å². The van der Waals surface area contributed by atoms with Gasteiger partial charge in [0, 0.05) is 39.1 Å². The molecule has 2 aromatic heterocycles. The second-order valence-electron chi connectivity index (χ2n) is 8.64. The average Bonchev–Trinajstić information content (AvgIpc) is 2.86. The van der Waals surface area contributed by atoms with Gasteiger partial charge in [-0.25, -0.2) is 8.42 Å². The van der Waals surface area contributed by atoms with Crippen LogP contribution in [0.25, 0.3) is 43.6 Å². The minimum atomic E-state index is -3.03. The van der Waals surface area contributed by atoms with Crippen LogP contribution in [-0.2, 0) is 10.0 Å². The van der Waals surface area contributed by atoms with E-state index in [2.05, 4.69) is 15.3 Å². The summed E-state index contributed by atoms with van der Waals surface area (Å²) in [5.74, 6) is 0. The van der Waals surface area contributed by atoms with Crippen molar-refractivity contribution in [2.45, 2.75) is 20.3 Å². The molecule has 5 aromatic rings. The van der Waals surface area contributed by atoms with Gasteiger partial charge >= 0.3 is 0 Å². The van der Waals surface area contributed by atoms with Gasteiger partial charge in [0.25, 0.3) is 0 Å². The van der Waals surface area contributed by atoms with E-state index in [9.17, 15) is 18.0 Å². The quantitative estimate of drug-likeness (QED) is 0.239. The van der Waals surface area contributed by atoms with Gasteiger partial charge in [0.1, 0.15) is 0 Å². The molecule has 0 radical (unpaired) electrons. The van der Waals surface area contributed by atoms with Crippen molar-refractivity contribution >= 4 is 53.6 Å². The Hall–Kier alpha value is -3.53.